The zero-order chi connectivity index (χ0) is 15.6. The molecule has 0 aliphatic heterocycles. The maximum Gasteiger partial charge on any atom is 0.240 e. The van der Waals surface area contributed by atoms with Crippen LogP contribution in [0, 0.1) is 6.92 Å². The lowest BCUT2D eigenvalue weighted by molar-refractivity contribution is -0.126. The Bertz CT molecular complexity index is 662. The van der Waals surface area contributed by atoms with Gasteiger partial charge < -0.3 is 11.1 Å². The molecule has 2 heterocycles. The van der Waals surface area contributed by atoms with Gasteiger partial charge in [0, 0.05) is 16.8 Å². The highest BCUT2D eigenvalue weighted by molar-refractivity contribution is 7.16. The lowest BCUT2D eigenvalue weighted by Gasteiger charge is -2.22. The fourth-order valence-corrected chi connectivity index (χ4v) is 4.49. The van der Waals surface area contributed by atoms with Gasteiger partial charge in [-0.1, -0.05) is 12.8 Å². The molecule has 1 saturated carbocycles. The molecule has 4 nitrogen and oxygen atoms in total. The predicted molar refractivity (Wildman–Crippen MR) is 99.5 cm³/mol. The molecular formula is C16H22ClN3OS2. The molecule has 0 spiro atoms. The molecule has 0 aromatic carbocycles. The lowest BCUT2D eigenvalue weighted by Crippen LogP contribution is -2.52. The van der Waals surface area contributed by atoms with Gasteiger partial charge in [0.1, 0.15) is 0 Å². The maximum atomic E-state index is 12.1. The number of amides is 1. The summed E-state index contributed by atoms with van der Waals surface area (Å²) in [5.74, 6) is 0.0110. The number of thiazole rings is 1. The summed E-state index contributed by atoms with van der Waals surface area (Å²) in [5, 5.41) is 6.17. The highest BCUT2D eigenvalue weighted by atomic mass is 35.5. The van der Waals surface area contributed by atoms with E-state index in [2.05, 4.69) is 27.8 Å². The molecule has 7 heteroatoms. The van der Waals surface area contributed by atoms with Gasteiger partial charge in [0.25, 0.3) is 0 Å². The molecule has 126 valence electrons. The number of carbonyl (C=O) groups excluding carboxylic acids is 1. The highest BCUT2D eigenvalue weighted by Gasteiger charge is 2.36. The number of rotatable bonds is 5. The maximum absolute atomic E-state index is 12.1. The van der Waals surface area contributed by atoms with Gasteiger partial charge in [-0.2, -0.15) is 0 Å². The minimum absolute atomic E-state index is 0. The number of halogens is 1. The number of thiophene rings is 1. The fourth-order valence-electron chi connectivity index (χ4n) is 2.83. The summed E-state index contributed by atoms with van der Waals surface area (Å²) < 4.78 is 0. The minimum atomic E-state index is -0.626. The molecule has 0 bridgehead atoms. The molecule has 1 fully saturated rings. The Morgan fingerprint density at radius 3 is 2.78 bits per heavy atom. The molecule has 3 rings (SSSR count). The number of hydrogen-bond donors (Lipinski definition) is 2. The molecule has 23 heavy (non-hydrogen) atoms. The first-order valence-electron chi connectivity index (χ1n) is 7.65. The van der Waals surface area contributed by atoms with Crippen molar-refractivity contribution in [1.29, 1.82) is 0 Å². The third-order valence-corrected chi connectivity index (χ3v) is 6.08. The van der Waals surface area contributed by atoms with Crippen molar-refractivity contribution in [1.82, 2.24) is 10.3 Å². The van der Waals surface area contributed by atoms with Crippen LogP contribution in [0.1, 0.15) is 35.6 Å². The quantitative estimate of drug-likeness (QED) is 0.844. The Morgan fingerprint density at radius 2 is 2.13 bits per heavy atom. The van der Waals surface area contributed by atoms with E-state index in [1.807, 2.05) is 6.92 Å². The molecule has 0 atom stereocenters. The number of carbonyl (C=O) groups is 1. The van der Waals surface area contributed by atoms with Gasteiger partial charge in [-0.15, -0.1) is 35.1 Å². The second kappa shape index (κ2) is 7.75. The van der Waals surface area contributed by atoms with Crippen LogP contribution in [-0.2, 0) is 11.2 Å². The minimum Gasteiger partial charge on any atom is -0.354 e. The summed E-state index contributed by atoms with van der Waals surface area (Å²) in [4.78, 5) is 19.1. The number of hydrogen-bond acceptors (Lipinski definition) is 5. The van der Waals surface area contributed by atoms with E-state index in [4.69, 9.17) is 5.73 Å². The molecule has 1 aliphatic carbocycles. The zero-order valence-corrected chi connectivity index (χ0v) is 15.6. The van der Waals surface area contributed by atoms with E-state index in [0.29, 0.717) is 6.54 Å². The largest absolute Gasteiger partial charge is 0.354 e. The molecule has 1 aliphatic rings. The van der Waals surface area contributed by atoms with Crippen LogP contribution in [0.15, 0.2) is 17.5 Å². The van der Waals surface area contributed by atoms with Crippen LogP contribution in [0.5, 0.6) is 0 Å². The average molecular weight is 372 g/mol. The third-order valence-electron chi connectivity index (χ3n) is 4.14. The number of nitrogens with one attached hydrogen (secondary N) is 1. The Balaban J connectivity index is 0.00000192. The first-order chi connectivity index (χ1) is 10.6. The molecule has 2 aromatic rings. The summed E-state index contributed by atoms with van der Waals surface area (Å²) in [6.07, 6.45) is 4.59. The van der Waals surface area contributed by atoms with E-state index in [0.717, 1.165) is 42.8 Å². The van der Waals surface area contributed by atoms with Crippen LogP contribution in [0.25, 0.3) is 10.6 Å². The summed E-state index contributed by atoms with van der Waals surface area (Å²) in [7, 11) is 0. The van der Waals surface area contributed by atoms with Crippen LogP contribution in [0.4, 0.5) is 0 Å². The number of aryl methyl sites for hydroxylation is 1. The fraction of sp³-hybridized carbons (Fsp3) is 0.500. The van der Waals surface area contributed by atoms with Gasteiger partial charge in [0.15, 0.2) is 0 Å². The standard InChI is InChI=1S/C16H21N3OS2.ClH/c1-11-19-13(10-21-11)14-5-4-12(22-14)6-9-18-15(20)16(17)7-2-3-8-16;/h4-5,10H,2-3,6-9,17H2,1H3,(H,18,20);1H. The molecule has 0 saturated heterocycles. The Labute approximate surface area is 150 Å². The summed E-state index contributed by atoms with van der Waals surface area (Å²) in [5.41, 5.74) is 6.57. The first kappa shape index (κ1) is 18.4. The van der Waals surface area contributed by atoms with E-state index in [-0.39, 0.29) is 18.3 Å². The topological polar surface area (TPSA) is 68.0 Å². The van der Waals surface area contributed by atoms with Crippen molar-refractivity contribution in [2.45, 2.75) is 44.6 Å². The van der Waals surface area contributed by atoms with Gasteiger partial charge in [0.05, 0.1) is 21.1 Å². The van der Waals surface area contributed by atoms with Crippen molar-refractivity contribution in [3.63, 3.8) is 0 Å². The van der Waals surface area contributed by atoms with E-state index in [1.54, 1.807) is 22.7 Å². The van der Waals surface area contributed by atoms with Crippen molar-refractivity contribution in [2.24, 2.45) is 5.73 Å². The normalized spacial score (nSPS) is 16.1. The second-order valence-electron chi connectivity index (χ2n) is 5.89. The summed E-state index contributed by atoms with van der Waals surface area (Å²) in [6, 6.07) is 4.23. The smallest absolute Gasteiger partial charge is 0.240 e. The molecule has 1 amide bonds. The summed E-state index contributed by atoms with van der Waals surface area (Å²) >= 11 is 3.41. The van der Waals surface area contributed by atoms with Gasteiger partial charge in [-0.25, -0.2) is 4.98 Å². The Kier molecular flexibility index (Phi) is 6.19. The Morgan fingerprint density at radius 1 is 1.39 bits per heavy atom. The van der Waals surface area contributed by atoms with Gasteiger partial charge >= 0.3 is 0 Å². The molecule has 0 radical (unpaired) electrons. The van der Waals surface area contributed by atoms with E-state index < -0.39 is 5.54 Å². The van der Waals surface area contributed by atoms with Gasteiger partial charge in [-0.05, 0) is 38.3 Å². The monoisotopic (exact) mass is 371 g/mol. The number of nitrogens with zero attached hydrogens (tertiary/aromatic N) is 1. The molecule has 2 aromatic heterocycles. The average Bonchev–Trinajstić information content (AvgIpc) is 3.20. The van der Waals surface area contributed by atoms with Crippen LogP contribution in [0.3, 0.4) is 0 Å². The van der Waals surface area contributed by atoms with Crippen molar-refractivity contribution in [2.75, 3.05) is 6.54 Å². The van der Waals surface area contributed by atoms with E-state index in [1.165, 1.54) is 9.75 Å². The lowest BCUT2D eigenvalue weighted by atomic mass is 9.98. The van der Waals surface area contributed by atoms with Crippen molar-refractivity contribution in [3.8, 4) is 10.6 Å². The van der Waals surface area contributed by atoms with Crippen LogP contribution in [0.2, 0.25) is 0 Å². The van der Waals surface area contributed by atoms with Crippen molar-refractivity contribution in [3.05, 3.63) is 27.4 Å². The van der Waals surface area contributed by atoms with Crippen LogP contribution in [-0.4, -0.2) is 23.0 Å². The van der Waals surface area contributed by atoms with Crippen molar-refractivity contribution >= 4 is 41.0 Å². The summed E-state index contributed by atoms with van der Waals surface area (Å²) in [6.45, 7) is 2.66. The molecular weight excluding hydrogens is 350 g/mol. The third kappa shape index (κ3) is 4.32. The number of nitrogens with two attached hydrogens (primary N) is 1. The van der Waals surface area contributed by atoms with Crippen LogP contribution < -0.4 is 11.1 Å². The number of aromatic nitrogens is 1. The SMILES string of the molecule is Cc1nc(-c2ccc(CCNC(=O)C3(N)CCCC3)s2)cs1.Cl. The van der Waals surface area contributed by atoms with Gasteiger partial charge in [0.2, 0.25) is 5.91 Å². The van der Waals surface area contributed by atoms with E-state index in [9.17, 15) is 4.79 Å². The second-order valence-corrected chi connectivity index (χ2v) is 8.12. The van der Waals surface area contributed by atoms with Crippen molar-refractivity contribution < 1.29 is 4.79 Å². The molecule has 0 unspecified atom stereocenters. The predicted octanol–water partition coefficient (Wildman–Crippen LogP) is 3.53. The first-order valence-corrected chi connectivity index (χ1v) is 9.35. The van der Waals surface area contributed by atoms with Gasteiger partial charge in [-0.3, -0.25) is 4.79 Å². The van der Waals surface area contributed by atoms with E-state index >= 15 is 0 Å². The molecule has 3 N–H and O–H groups in total. The zero-order valence-electron chi connectivity index (χ0n) is 13.1. The van der Waals surface area contributed by atoms with Crippen LogP contribution >= 0.6 is 35.1 Å². The Hall–Kier alpha value is -0.950. The highest BCUT2D eigenvalue weighted by Crippen LogP contribution is 2.29.